The molecule has 6 nitrogen and oxygen atoms in total. The summed E-state index contributed by atoms with van der Waals surface area (Å²) in [6.07, 6.45) is 6.45. The Morgan fingerprint density at radius 1 is 1.11 bits per heavy atom. The van der Waals surface area contributed by atoms with Crippen LogP contribution in [0.2, 0.25) is 15.2 Å². The number of aromatic nitrogens is 2. The highest BCUT2D eigenvalue weighted by Gasteiger charge is 2.26. The molecule has 0 atom stereocenters. The summed E-state index contributed by atoms with van der Waals surface area (Å²) < 4.78 is 1.72. The van der Waals surface area contributed by atoms with E-state index in [0.717, 1.165) is 46.4 Å². The average Bonchev–Trinajstić information content (AvgIpc) is 3.22. The lowest BCUT2D eigenvalue weighted by Gasteiger charge is -2.27. The molecule has 3 heterocycles. The van der Waals surface area contributed by atoms with E-state index in [1.807, 2.05) is 30.3 Å². The molecule has 1 N–H and O–H groups in total. The van der Waals surface area contributed by atoms with Crippen LogP contribution in [0.15, 0.2) is 60.8 Å². The van der Waals surface area contributed by atoms with Crippen LogP contribution in [0.4, 0.5) is 4.79 Å². The van der Waals surface area contributed by atoms with Crippen molar-refractivity contribution in [3.05, 3.63) is 104 Å². The van der Waals surface area contributed by atoms with E-state index >= 15 is 0 Å². The molecule has 0 fully saturated rings. The molecule has 1 aliphatic rings. The molecule has 5 rings (SSSR count). The highest BCUT2D eigenvalue weighted by molar-refractivity contribution is 6.42. The van der Waals surface area contributed by atoms with Crippen molar-refractivity contribution in [3.63, 3.8) is 0 Å². The highest BCUT2D eigenvalue weighted by Crippen LogP contribution is 2.32. The first-order valence-corrected chi connectivity index (χ1v) is 12.8. The molecule has 37 heavy (non-hydrogen) atoms. The lowest BCUT2D eigenvalue weighted by Crippen LogP contribution is -2.34. The number of nitrogens with zero attached hydrogens (tertiary/aromatic N) is 4. The van der Waals surface area contributed by atoms with E-state index in [1.54, 1.807) is 35.0 Å². The number of halogens is 3. The molecule has 0 saturated heterocycles. The van der Waals surface area contributed by atoms with Crippen LogP contribution >= 0.6 is 34.8 Å². The average molecular weight is 551 g/mol. The van der Waals surface area contributed by atoms with E-state index < -0.39 is 0 Å². The summed E-state index contributed by atoms with van der Waals surface area (Å²) in [4.78, 5) is 19.7. The highest BCUT2D eigenvalue weighted by atomic mass is 35.5. The topological polar surface area (TPSA) is 74.0 Å². The number of fused-ring (bicyclic) bond motifs is 3. The Bertz CT molecular complexity index is 1570. The lowest BCUT2D eigenvalue weighted by molar-refractivity contribution is 0.240. The molecular weight excluding hydrogens is 529 g/mol. The van der Waals surface area contributed by atoms with Gasteiger partial charge in [-0.15, -0.1) is 0 Å². The number of nitrogens with one attached hydrogen (secondary N) is 1. The zero-order chi connectivity index (χ0) is 25.9. The summed E-state index contributed by atoms with van der Waals surface area (Å²) in [6.45, 7) is 2.56. The molecular formula is C28H22Cl3N5O. The van der Waals surface area contributed by atoms with Crippen LogP contribution in [-0.4, -0.2) is 33.6 Å². The lowest BCUT2D eigenvalue weighted by atomic mass is 10.0. The molecule has 0 aliphatic carbocycles. The number of hydrogen-bond acceptors (Lipinski definition) is 4. The Morgan fingerprint density at radius 2 is 1.97 bits per heavy atom. The number of carbonyl (C=O) groups is 1. The molecule has 2 aromatic carbocycles. The van der Waals surface area contributed by atoms with Crippen LogP contribution in [0.3, 0.4) is 0 Å². The van der Waals surface area contributed by atoms with E-state index in [2.05, 4.69) is 27.3 Å². The van der Waals surface area contributed by atoms with Gasteiger partial charge >= 0.3 is 6.03 Å². The third-order valence-electron chi connectivity index (χ3n) is 6.41. The molecule has 0 bridgehead atoms. The van der Waals surface area contributed by atoms with Crippen molar-refractivity contribution in [2.75, 3.05) is 13.1 Å². The van der Waals surface area contributed by atoms with Gasteiger partial charge in [0.15, 0.2) is 0 Å². The molecule has 0 spiro atoms. The minimum atomic E-state index is -0.234. The van der Waals surface area contributed by atoms with Crippen LogP contribution in [0.1, 0.15) is 27.9 Å². The van der Waals surface area contributed by atoms with Crippen molar-refractivity contribution >= 4 is 57.8 Å². The molecule has 186 valence electrons. The van der Waals surface area contributed by atoms with Crippen molar-refractivity contribution < 1.29 is 4.79 Å². The van der Waals surface area contributed by atoms with E-state index in [1.165, 1.54) is 0 Å². The van der Waals surface area contributed by atoms with E-state index in [-0.39, 0.29) is 6.03 Å². The van der Waals surface area contributed by atoms with Crippen molar-refractivity contribution in [1.29, 1.82) is 5.26 Å². The summed E-state index contributed by atoms with van der Waals surface area (Å²) in [6, 6.07) is 16.6. The second-order valence-electron chi connectivity index (χ2n) is 8.81. The summed E-state index contributed by atoms with van der Waals surface area (Å²) in [5, 5.41) is 14.9. The zero-order valence-corrected chi connectivity index (χ0v) is 22.0. The maximum atomic E-state index is 13.4. The molecule has 1 aliphatic heterocycles. The summed E-state index contributed by atoms with van der Waals surface area (Å²) in [7, 11) is 0. The minimum Gasteiger partial charge on any atom is -0.333 e. The first-order chi connectivity index (χ1) is 17.9. The number of rotatable bonds is 5. The van der Waals surface area contributed by atoms with Crippen LogP contribution in [-0.2, 0) is 19.5 Å². The molecule has 2 aromatic heterocycles. The third-order valence-corrected chi connectivity index (χ3v) is 7.36. The minimum absolute atomic E-state index is 0.234. The standard InChI is InChI=1S/C28H22Cl3N5O/c29-23-6-4-18(12-24(23)30)2-1-10-35-11-8-25-22(17-35)21-5-3-19(15-32)13-26(21)36(25)28(37)34-16-20-7-9-33-27(31)14-20/h1-7,9,12-14H,8,10-11,16-17H2,(H,34,37)/b2-1+. The van der Waals surface area contributed by atoms with Crippen molar-refractivity contribution in [2.24, 2.45) is 0 Å². The van der Waals surface area contributed by atoms with Gasteiger partial charge in [0, 0.05) is 49.9 Å². The Kier molecular flexibility index (Phi) is 7.50. The second kappa shape index (κ2) is 11.0. The van der Waals surface area contributed by atoms with Crippen LogP contribution < -0.4 is 5.32 Å². The van der Waals surface area contributed by atoms with Crippen molar-refractivity contribution in [1.82, 2.24) is 19.8 Å². The van der Waals surface area contributed by atoms with Gasteiger partial charge in [0.05, 0.1) is 27.2 Å². The molecule has 4 aromatic rings. The van der Waals surface area contributed by atoms with E-state index in [9.17, 15) is 10.1 Å². The SMILES string of the molecule is N#Cc1ccc2c3c(n(C(=O)NCc4ccnc(Cl)c4)c2c1)CCN(C/C=C/c1ccc(Cl)c(Cl)c1)C3. The first-order valence-electron chi connectivity index (χ1n) is 11.7. The van der Waals surface area contributed by atoms with Crippen molar-refractivity contribution in [3.8, 4) is 6.07 Å². The fourth-order valence-electron chi connectivity index (χ4n) is 4.63. The predicted octanol–water partition coefficient (Wildman–Crippen LogP) is 6.70. The molecule has 0 unspecified atom stereocenters. The molecule has 0 saturated carbocycles. The molecule has 0 radical (unpaired) electrons. The Balaban J connectivity index is 1.39. The molecule has 9 heteroatoms. The van der Waals surface area contributed by atoms with Gasteiger partial charge < -0.3 is 5.32 Å². The van der Waals surface area contributed by atoms with Gasteiger partial charge in [-0.1, -0.05) is 59.1 Å². The van der Waals surface area contributed by atoms with Crippen LogP contribution in [0.25, 0.3) is 17.0 Å². The second-order valence-corrected chi connectivity index (χ2v) is 10.0. The third kappa shape index (κ3) is 5.51. The predicted molar refractivity (Wildman–Crippen MR) is 148 cm³/mol. The number of amides is 1. The number of nitriles is 1. The quantitative estimate of drug-likeness (QED) is 0.281. The van der Waals surface area contributed by atoms with Crippen LogP contribution in [0, 0.1) is 11.3 Å². The van der Waals surface area contributed by atoms with Gasteiger partial charge in [0.2, 0.25) is 0 Å². The Morgan fingerprint density at radius 3 is 2.76 bits per heavy atom. The van der Waals surface area contributed by atoms with Crippen LogP contribution in [0.5, 0.6) is 0 Å². The molecule has 1 amide bonds. The maximum Gasteiger partial charge on any atom is 0.326 e. The fraction of sp³-hybridized carbons (Fsp3) is 0.179. The largest absolute Gasteiger partial charge is 0.333 e. The summed E-state index contributed by atoms with van der Waals surface area (Å²) >= 11 is 18.1. The summed E-state index contributed by atoms with van der Waals surface area (Å²) in [5.74, 6) is 0. The fourth-order valence-corrected chi connectivity index (χ4v) is 5.14. The number of benzene rings is 2. The van der Waals surface area contributed by atoms with Gasteiger partial charge in [0.1, 0.15) is 5.15 Å². The smallest absolute Gasteiger partial charge is 0.326 e. The first kappa shape index (κ1) is 25.3. The number of pyridine rings is 1. The van der Waals surface area contributed by atoms with E-state index in [0.29, 0.717) is 40.3 Å². The number of hydrogen-bond donors (Lipinski definition) is 1. The number of carbonyl (C=O) groups excluding carboxylic acids is 1. The Labute approximate surface area is 229 Å². The Hall–Kier alpha value is -3.34. The maximum absolute atomic E-state index is 13.4. The van der Waals surface area contributed by atoms with Gasteiger partial charge in [0.25, 0.3) is 0 Å². The summed E-state index contributed by atoms with van der Waals surface area (Å²) in [5.41, 5.74) is 5.17. The van der Waals surface area contributed by atoms with Gasteiger partial charge in [-0.25, -0.2) is 9.78 Å². The van der Waals surface area contributed by atoms with Gasteiger partial charge in [-0.3, -0.25) is 9.47 Å². The zero-order valence-electron chi connectivity index (χ0n) is 19.7. The van der Waals surface area contributed by atoms with Gasteiger partial charge in [-0.05, 0) is 53.1 Å². The van der Waals surface area contributed by atoms with Gasteiger partial charge in [-0.2, -0.15) is 5.26 Å². The van der Waals surface area contributed by atoms with Crippen molar-refractivity contribution in [2.45, 2.75) is 19.5 Å². The normalized spacial score (nSPS) is 13.6. The monoisotopic (exact) mass is 549 g/mol. The van der Waals surface area contributed by atoms with E-state index in [4.69, 9.17) is 34.8 Å².